The second-order valence-electron chi connectivity index (χ2n) is 4.34. The maximum Gasteiger partial charge on any atom is 0.416 e. The number of carboxylic acids is 1. The van der Waals surface area contributed by atoms with Crippen LogP contribution in [-0.2, 0) is 6.18 Å². The molecule has 2 aromatic rings. The summed E-state index contributed by atoms with van der Waals surface area (Å²) in [6.07, 6.45) is -3.09. The number of benzene rings is 2. The van der Waals surface area contributed by atoms with Crippen LogP contribution in [0.5, 0.6) is 0 Å². The topological polar surface area (TPSA) is 61.7 Å². The molecule has 0 fully saturated rings. The first kappa shape index (κ1) is 15.6. The van der Waals surface area contributed by atoms with Crippen LogP contribution in [0.25, 0.3) is 0 Å². The lowest BCUT2D eigenvalue weighted by atomic mass is 10.1. The summed E-state index contributed by atoms with van der Waals surface area (Å²) in [5, 5.41) is 12.8. The van der Waals surface area contributed by atoms with Crippen molar-refractivity contribution in [3.8, 4) is 0 Å². The first-order valence-corrected chi connectivity index (χ1v) is 6.16. The lowest BCUT2D eigenvalue weighted by Gasteiger charge is -2.07. The van der Waals surface area contributed by atoms with Gasteiger partial charge in [-0.05, 0) is 30.3 Å². The van der Waals surface area contributed by atoms with Crippen LogP contribution in [0.4, 0.5) is 18.9 Å². The molecule has 2 N–H and O–H groups in total. The summed E-state index contributed by atoms with van der Waals surface area (Å²) in [5.74, 6) is -1.09. The van der Waals surface area contributed by atoms with Gasteiger partial charge in [0.25, 0.3) is 0 Å². The maximum absolute atomic E-state index is 12.4. The molecular formula is C15H11F3N2O2. The molecule has 4 nitrogen and oxygen atoms in total. The van der Waals surface area contributed by atoms with E-state index >= 15 is 0 Å². The molecule has 0 radical (unpaired) electrons. The number of alkyl halides is 3. The number of nitrogens with one attached hydrogen (secondary N) is 1. The van der Waals surface area contributed by atoms with E-state index in [2.05, 4.69) is 10.5 Å². The molecule has 0 saturated heterocycles. The van der Waals surface area contributed by atoms with Crippen molar-refractivity contribution in [2.24, 2.45) is 5.10 Å². The summed E-state index contributed by atoms with van der Waals surface area (Å²) in [7, 11) is 0. The number of nitrogens with zero attached hydrogens (tertiary/aromatic N) is 1. The Bertz CT molecular complexity index is 695. The number of hydrazone groups is 1. The van der Waals surface area contributed by atoms with E-state index in [1.54, 1.807) is 18.2 Å². The number of carboxylic acid groups (broad SMARTS) is 1. The summed E-state index contributed by atoms with van der Waals surface area (Å²) < 4.78 is 37.2. The summed E-state index contributed by atoms with van der Waals surface area (Å²) in [6, 6.07) is 10.6. The normalized spacial score (nSPS) is 11.6. The van der Waals surface area contributed by atoms with Gasteiger partial charge in [0.1, 0.15) is 0 Å². The van der Waals surface area contributed by atoms with E-state index in [0.29, 0.717) is 11.3 Å². The Labute approximate surface area is 123 Å². The zero-order valence-electron chi connectivity index (χ0n) is 11.1. The van der Waals surface area contributed by atoms with E-state index in [1.165, 1.54) is 24.4 Å². The van der Waals surface area contributed by atoms with Crippen molar-refractivity contribution in [1.82, 2.24) is 0 Å². The third-order valence-corrected chi connectivity index (χ3v) is 2.80. The molecule has 2 rings (SSSR count). The second kappa shape index (κ2) is 6.30. The van der Waals surface area contributed by atoms with Gasteiger partial charge in [-0.15, -0.1) is 0 Å². The smallest absolute Gasteiger partial charge is 0.416 e. The first-order valence-electron chi connectivity index (χ1n) is 6.16. The molecule has 0 aliphatic carbocycles. The van der Waals surface area contributed by atoms with E-state index in [0.717, 1.165) is 12.1 Å². The van der Waals surface area contributed by atoms with Crippen LogP contribution >= 0.6 is 0 Å². The van der Waals surface area contributed by atoms with Crippen molar-refractivity contribution in [1.29, 1.82) is 0 Å². The number of hydrogen-bond acceptors (Lipinski definition) is 3. The van der Waals surface area contributed by atoms with E-state index < -0.39 is 17.7 Å². The third-order valence-electron chi connectivity index (χ3n) is 2.80. The fourth-order valence-corrected chi connectivity index (χ4v) is 1.71. The maximum atomic E-state index is 12.4. The highest BCUT2D eigenvalue weighted by Crippen LogP contribution is 2.29. The van der Waals surface area contributed by atoms with E-state index in [4.69, 9.17) is 5.11 Å². The van der Waals surface area contributed by atoms with Crippen LogP contribution in [-0.4, -0.2) is 17.3 Å². The average molecular weight is 308 g/mol. The Balaban J connectivity index is 2.09. The molecule has 0 atom stereocenters. The Morgan fingerprint density at radius 2 is 1.73 bits per heavy atom. The fourth-order valence-electron chi connectivity index (χ4n) is 1.71. The predicted octanol–water partition coefficient (Wildman–Crippen LogP) is 3.85. The van der Waals surface area contributed by atoms with Crippen LogP contribution in [0.1, 0.15) is 21.5 Å². The molecule has 0 unspecified atom stereocenters. The molecule has 0 amide bonds. The highest BCUT2D eigenvalue weighted by Gasteiger charge is 2.29. The van der Waals surface area contributed by atoms with Gasteiger partial charge in [0.15, 0.2) is 0 Å². The monoisotopic (exact) mass is 308 g/mol. The Morgan fingerprint density at radius 3 is 2.32 bits per heavy atom. The molecular weight excluding hydrogens is 297 g/mol. The molecule has 0 heterocycles. The van der Waals surface area contributed by atoms with Crippen molar-refractivity contribution in [3.63, 3.8) is 0 Å². The van der Waals surface area contributed by atoms with Crippen LogP contribution in [0.2, 0.25) is 0 Å². The average Bonchev–Trinajstić information content (AvgIpc) is 2.47. The van der Waals surface area contributed by atoms with Crippen molar-refractivity contribution in [2.75, 3.05) is 5.43 Å². The second-order valence-corrected chi connectivity index (χ2v) is 4.34. The van der Waals surface area contributed by atoms with Gasteiger partial charge in [-0.25, -0.2) is 4.79 Å². The first-order chi connectivity index (χ1) is 10.4. The van der Waals surface area contributed by atoms with Gasteiger partial charge in [-0.3, -0.25) is 5.43 Å². The van der Waals surface area contributed by atoms with E-state index in [1.807, 2.05) is 0 Å². The van der Waals surface area contributed by atoms with Crippen molar-refractivity contribution in [3.05, 3.63) is 65.2 Å². The number of halogens is 3. The number of hydrogen-bond donors (Lipinski definition) is 2. The molecule has 0 aromatic heterocycles. The minimum Gasteiger partial charge on any atom is -0.478 e. The molecule has 0 aliphatic rings. The quantitative estimate of drug-likeness (QED) is 0.666. The van der Waals surface area contributed by atoms with Gasteiger partial charge < -0.3 is 5.11 Å². The highest BCUT2D eigenvalue weighted by molar-refractivity contribution is 5.98. The molecule has 0 aliphatic heterocycles. The molecule has 114 valence electrons. The Morgan fingerprint density at radius 1 is 1.09 bits per heavy atom. The lowest BCUT2D eigenvalue weighted by Crippen LogP contribution is -2.04. The Kier molecular flexibility index (Phi) is 4.45. The van der Waals surface area contributed by atoms with Gasteiger partial charge in [0.2, 0.25) is 0 Å². The Hall–Kier alpha value is -2.83. The molecule has 7 heteroatoms. The SMILES string of the molecule is O=C(O)c1ccccc1C=NNc1ccc(C(F)(F)F)cc1. The van der Waals surface area contributed by atoms with Crippen LogP contribution in [0.3, 0.4) is 0 Å². The number of anilines is 1. The number of rotatable bonds is 4. The summed E-state index contributed by atoms with van der Waals surface area (Å²) in [6.45, 7) is 0. The summed E-state index contributed by atoms with van der Waals surface area (Å²) in [4.78, 5) is 11.0. The zero-order valence-corrected chi connectivity index (χ0v) is 11.1. The van der Waals surface area contributed by atoms with E-state index in [9.17, 15) is 18.0 Å². The lowest BCUT2D eigenvalue weighted by molar-refractivity contribution is -0.137. The van der Waals surface area contributed by atoms with Crippen LogP contribution in [0.15, 0.2) is 53.6 Å². The molecule has 0 saturated carbocycles. The summed E-state index contributed by atoms with van der Waals surface area (Å²) in [5.41, 5.74) is 2.62. The van der Waals surface area contributed by atoms with Gasteiger partial charge in [-0.1, -0.05) is 18.2 Å². The zero-order chi connectivity index (χ0) is 16.2. The van der Waals surface area contributed by atoms with Gasteiger partial charge in [0.05, 0.1) is 23.0 Å². The van der Waals surface area contributed by atoms with E-state index in [-0.39, 0.29) is 5.56 Å². The molecule has 0 spiro atoms. The minimum absolute atomic E-state index is 0.0838. The molecule has 2 aromatic carbocycles. The predicted molar refractivity (Wildman–Crippen MR) is 76.1 cm³/mol. The van der Waals surface area contributed by atoms with Gasteiger partial charge >= 0.3 is 12.1 Å². The van der Waals surface area contributed by atoms with Crippen molar-refractivity contribution < 1.29 is 23.1 Å². The fraction of sp³-hybridized carbons (Fsp3) is 0.0667. The summed E-state index contributed by atoms with van der Waals surface area (Å²) >= 11 is 0. The molecule has 0 bridgehead atoms. The standard InChI is InChI=1S/C15H11F3N2O2/c16-15(17,18)11-5-7-12(8-6-11)20-19-9-10-3-1-2-4-13(10)14(21)22/h1-9,20H,(H,21,22). The van der Waals surface area contributed by atoms with Gasteiger partial charge in [-0.2, -0.15) is 18.3 Å². The number of aromatic carboxylic acids is 1. The minimum atomic E-state index is -4.39. The largest absolute Gasteiger partial charge is 0.478 e. The number of carbonyl (C=O) groups is 1. The van der Waals surface area contributed by atoms with Crippen molar-refractivity contribution in [2.45, 2.75) is 6.18 Å². The third kappa shape index (κ3) is 3.85. The molecule has 22 heavy (non-hydrogen) atoms. The highest BCUT2D eigenvalue weighted by atomic mass is 19.4. The van der Waals surface area contributed by atoms with Crippen LogP contribution in [0, 0.1) is 0 Å². The van der Waals surface area contributed by atoms with Gasteiger partial charge in [0, 0.05) is 5.56 Å². The van der Waals surface area contributed by atoms with Crippen LogP contribution < -0.4 is 5.43 Å². The van der Waals surface area contributed by atoms with Crippen molar-refractivity contribution >= 4 is 17.9 Å².